The van der Waals surface area contributed by atoms with E-state index < -0.39 is 0 Å². The van der Waals surface area contributed by atoms with Crippen molar-refractivity contribution < 1.29 is 4.79 Å². The van der Waals surface area contributed by atoms with E-state index >= 15 is 0 Å². The number of amides is 1. The molecule has 1 saturated heterocycles. The maximum absolute atomic E-state index is 13.1. The van der Waals surface area contributed by atoms with Crippen LogP contribution in [0, 0.1) is 0 Å². The number of imidazole rings is 1. The molecule has 0 bridgehead atoms. The highest BCUT2D eigenvalue weighted by atomic mass is 35.5. The van der Waals surface area contributed by atoms with Gasteiger partial charge in [-0.25, -0.2) is 4.98 Å². The summed E-state index contributed by atoms with van der Waals surface area (Å²) in [5.41, 5.74) is 7.25. The molecular weight excluding hydrogens is 468 g/mol. The Morgan fingerprint density at radius 1 is 0.944 bits per heavy atom. The van der Waals surface area contributed by atoms with E-state index in [1.807, 2.05) is 13.0 Å². The first kappa shape index (κ1) is 24.4. The topological polar surface area (TPSA) is 49.6 Å². The Balaban J connectivity index is 1.18. The summed E-state index contributed by atoms with van der Waals surface area (Å²) in [4.78, 5) is 20.1. The summed E-state index contributed by atoms with van der Waals surface area (Å²) in [7, 11) is 0. The number of halogens is 1. The highest BCUT2D eigenvalue weighted by molar-refractivity contribution is 6.30. The molecule has 4 aromatic rings. The van der Waals surface area contributed by atoms with Crippen molar-refractivity contribution in [1.29, 1.82) is 0 Å². The number of benzene rings is 2. The van der Waals surface area contributed by atoms with Gasteiger partial charge in [0, 0.05) is 31.5 Å². The Hall–Kier alpha value is -3.31. The summed E-state index contributed by atoms with van der Waals surface area (Å²) in [5.74, 6) is 0.504. The minimum Gasteiger partial charge on any atom is -0.371 e. The lowest BCUT2D eigenvalue weighted by Gasteiger charge is -2.34. The van der Waals surface area contributed by atoms with Gasteiger partial charge >= 0.3 is 0 Å². The van der Waals surface area contributed by atoms with Gasteiger partial charge in [0.25, 0.3) is 5.91 Å². The Bertz CT molecular complexity index is 1340. The number of pyridine rings is 1. The van der Waals surface area contributed by atoms with Crippen LogP contribution in [0.1, 0.15) is 65.5 Å². The molecule has 1 fully saturated rings. The van der Waals surface area contributed by atoms with Crippen LogP contribution in [0.15, 0.2) is 66.9 Å². The van der Waals surface area contributed by atoms with Crippen LogP contribution in [0.3, 0.4) is 0 Å². The van der Waals surface area contributed by atoms with Gasteiger partial charge in [-0.1, -0.05) is 61.8 Å². The van der Waals surface area contributed by atoms with Gasteiger partial charge < -0.3 is 10.2 Å². The van der Waals surface area contributed by atoms with Gasteiger partial charge in [0.2, 0.25) is 0 Å². The third kappa shape index (κ3) is 5.12. The second-order valence-corrected chi connectivity index (χ2v) is 9.98. The van der Waals surface area contributed by atoms with E-state index in [0.29, 0.717) is 29.6 Å². The number of carbonyl (C=O) groups excluding carboxylic acids is 1. The Kier molecular flexibility index (Phi) is 7.28. The molecule has 3 heterocycles. The number of hydrogen-bond acceptors (Lipinski definition) is 3. The van der Waals surface area contributed by atoms with Crippen LogP contribution in [0.2, 0.25) is 5.02 Å². The van der Waals surface area contributed by atoms with Gasteiger partial charge in [-0.05, 0) is 72.6 Å². The van der Waals surface area contributed by atoms with Crippen LogP contribution in [0.25, 0.3) is 5.65 Å². The van der Waals surface area contributed by atoms with Crippen LogP contribution >= 0.6 is 11.6 Å². The smallest absolute Gasteiger partial charge is 0.270 e. The maximum Gasteiger partial charge on any atom is 0.270 e. The van der Waals surface area contributed by atoms with Crippen LogP contribution in [-0.4, -0.2) is 28.4 Å². The summed E-state index contributed by atoms with van der Waals surface area (Å²) in [5, 5.41) is 3.64. The number of hydrogen-bond donors (Lipinski definition) is 1. The standard InChI is InChI=1S/C30H33ClN4O/c1-3-21-5-9-23(10-6-21)24-15-17-34(18-16-24)26-12-7-22(8-13-26)19-32-30(36)29-27(4-2)33-28-14-11-25(31)20-35(28)29/h5-14,20,24H,3-4,15-19H2,1-2H3,(H,32,36). The van der Waals surface area contributed by atoms with E-state index in [1.54, 1.807) is 16.7 Å². The third-order valence-electron chi connectivity index (χ3n) is 7.31. The van der Waals surface area contributed by atoms with Crippen molar-refractivity contribution in [3.8, 4) is 0 Å². The highest BCUT2D eigenvalue weighted by Crippen LogP contribution is 2.31. The van der Waals surface area contributed by atoms with Crippen molar-refractivity contribution in [1.82, 2.24) is 14.7 Å². The van der Waals surface area contributed by atoms with Crippen LogP contribution in [-0.2, 0) is 19.4 Å². The Morgan fingerprint density at radius 2 is 1.64 bits per heavy atom. The fourth-order valence-corrected chi connectivity index (χ4v) is 5.30. The summed E-state index contributed by atoms with van der Waals surface area (Å²) < 4.78 is 1.78. The molecule has 0 spiro atoms. The zero-order chi connectivity index (χ0) is 25.1. The zero-order valence-corrected chi connectivity index (χ0v) is 21.8. The quantitative estimate of drug-likeness (QED) is 0.318. The van der Waals surface area contributed by atoms with Crippen LogP contribution in [0.4, 0.5) is 5.69 Å². The van der Waals surface area contributed by atoms with Crippen molar-refractivity contribution in [3.05, 3.63) is 100.0 Å². The monoisotopic (exact) mass is 500 g/mol. The predicted molar refractivity (Wildman–Crippen MR) is 147 cm³/mol. The summed E-state index contributed by atoms with van der Waals surface area (Å²) in [6.45, 7) is 6.79. The number of rotatable bonds is 7. The average Bonchev–Trinajstić information content (AvgIpc) is 3.30. The van der Waals surface area contributed by atoms with Crippen LogP contribution in [0.5, 0.6) is 0 Å². The number of aryl methyl sites for hydroxylation is 2. The molecule has 0 saturated carbocycles. The normalized spacial score (nSPS) is 14.4. The number of fused-ring (bicyclic) bond motifs is 1. The molecule has 0 unspecified atom stereocenters. The molecule has 36 heavy (non-hydrogen) atoms. The zero-order valence-electron chi connectivity index (χ0n) is 21.0. The van der Waals surface area contributed by atoms with Gasteiger partial charge in [-0.2, -0.15) is 0 Å². The van der Waals surface area contributed by atoms with E-state index in [9.17, 15) is 4.79 Å². The van der Waals surface area contributed by atoms with E-state index in [4.69, 9.17) is 11.6 Å². The maximum atomic E-state index is 13.1. The lowest BCUT2D eigenvalue weighted by molar-refractivity contribution is 0.0944. The van der Waals surface area contributed by atoms with E-state index in [0.717, 1.165) is 36.4 Å². The first-order valence-electron chi connectivity index (χ1n) is 12.9. The molecule has 186 valence electrons. The molecular formula is C30H33ClN4O. The second-order valence-electron chi connectivity index (χ2n) is 9.54. The van der Waals surface area contributed by atoms with Gasteiger partial charge in [0.15, 0.2) is 0 Å². The molecule has 6 heteroatoms. The summed E-state index contributed by atoms with van der Waals surface area (Å²) >= 11 is 6.17. The molecule has 1 aliphatic heterocycles. The van der Waals surface area contributed by atoms with Crippen molar-refractivity contribution >= 4 is 28.8 Å². The number of aromatic nitrogens is 2. The van der Waals surface area contributed by atoms with E-state index in [1.165, 1.54) is 29.7 Å². The molecule has 5 nitrogen and oxygen atoms in total. The van der Waals surface area contributed by atoms with E-state index in [2.05, 4.69) is 70.7 Å². The number of carbonyl (C=O) groups is 1. The molecule has 1 N–H and O–H groups in total. The molecule has 5 rings (SSSR count). The van der Waals surface area contributed by atoms with Crippen molar-refractivity contribution in [2.75, 3.05) is 18.0 Å². The van der Waals surface area contributed by atoms with Crippen molar-refractivity contribution in [3.63, 3.8) is 0 Å². The number of piperidine rings is 1. The van der Waals surface area contributed by atoms with Crippen molar-refractivity contribution in [2.45, 2.75) is 52.0 Å². The molecule has 0 aliphatic carbocycles. The molecule has 2 aromatic heterocycles. The predicted octanol–water partition coefficient (Wildman–Crippen LogP) is 6.43. The largest absolute Gasteiger partial charge is 0.371 e. The lowest BCUT2D eigenvalue weighted by atomic mass is 9.88. The molecule has 2 aromatic carbocycles. The number of anilines is 1. The molecule has 0 atom stereocenters. The Labute approximate surface area is 218 Å². The van der Waals surface area contributed by atoms with Crippen molar-refractivity contribution in [2.24, 2.45) is 0 Å². The van der Waals surface area contributed by atoms with Crippen LogP contribution < -0.4 is 10.2 Å². The van der Waals surface area contributed by atoms with Gasteiger partial charge in [0.05, 0.1) is 10.7 Å². The van der Waals surface area contributed by atoms with Gasteiger partial charge in [-0.3, -0.25) is 9.20 Å². The minimum atomic E-state index is -0.139. The fraction of sp³-hybridized carbons (Fsp3) is 0.333. The second kappa shape index (κ2) is 10.8. The molecule has 1 aliphatic rings. The number of nitrogens with one attached hydrogen (secondary N) is 1. The van der Waals surface area contributed by atoms with E-state index in [-0.39, 0.29) is 5.91 Å². The average molecular weight is 501 g/mol. The SMILES string of the molecule is CCc1ccc(C2CCN(c3ccc(CNC(=O)c4c(CC)nc5ccc(Cl)cn45)cc3)CC2)cc1. The summed E-state index contributed by atoms with van der Waals surface area (Å²) in [6.07, 6.45) is 5.86. The van der Waals surface area contributed by atoms with Gasteiger partial charge in [0.1, 0.15) is 11.3 Å². The fourth-order valence-electron chi connectivity index (χ4n) is 5.14. The lowest BCUT2D eigenvalue weighted by Crippen LogP contribution is -2.32. The third-order valence-corrected chi connectivity index (χ3v) is 7.54. The molecule has 1 amide bonds. The van der Waals surface area contributed by atoms with Gasteiger partial charge in [-0.15, -0.1) is 0 Å². The summed E-state index contributed by atoms with van der Waals surface area (Å²) in [6, 6.07) is 21.3. The first-order valence-corrected chi connectivity index (χ1v) is 13.3. The first-order chi connectivity index (χ1) is 17.6. The minimum absolute atomic E-state index is 0.139. The molecule has 0 radical (unpaired) electrons. The Morgan fingerprint density at radius 3 is 2.31 bits per heavy atom. The highest BCUT2D eigenvalue weighted by Gasteiger charge is 2.21. The number of nitrogens with zero attached hydrogens (tertiary/aromatic N) is 3.